The molecule has 34 heavy (non-hydrogen) atoms. The van der Waals surface area contributed by atoms with Crippen molar-refractivity contribution in [3.8, 4) is 11.5 Å². The summed E-state index contributed by atoms with van der Waals surface area (Å²) < 4.78 is 5.10. The van der Waals surface area contributed by atoms with Gasteiger partial charge >= 0.3 is 6.09 Å². The van der Waals surface area contributed by atoms with Gasteiger partial charge in [0.05, 0.1) is 18.8 Å². The lowest BCUT2D eigenvalue weighted by atomic mass is 10.0. The second kappa shape index (κ2) is 20.0. The van der Waals surface area contributed by atoms with Gasteiger partial charge in [0.25, 0.3) is 5.91 Å². The molecule has 0 saturated heterocycles. The van der Waals surface area contributed by atoms with E-state index in [2.05, 4.69) is 17.6 Å². The molecule has 0 radical (unpaired) electrons. The quantitative estimate of drug-likeness (QED) is 0.122. The van der Waals surface area contributed by atoms with Crippen LogP contribution in [-0.2, 0) is 4.74 Å². The van der Waals surface area contributed by atoms with Gasteiger partial charge in [-0.05, 0) is 18.6 Å². The number of hydrogen-bond donors (Lipinski definition) is 4. The van der Waals surface area contributed by atoms with Crippen LogP contribution in [0.25, 0.3) is 0 Å². The van der Waals surface area contributed by atoms with Crippen molar-refractivity contribution in [2.24, 2.45) is 0 Å². The number of nitrogens with one attached hydrogen (secondary N) is 2. The molecule has 7 nitrogen and oxygen atoms in total. The first-order chi connectivity index (χ1) is 16.5. The van der Waals surface area contributed by atoms with Crippen LogP contribution >= 0.6 is 0 Å². The molecule has 1 aromatic rings. The number of aromatic hydroxyl groups is 2. The number of ether oxygens (including phenoxy) is 1. The van der Waals surface area contributed by atoms with Gasteiger partial charge in [-0.15, -0.1) is 0 Å². The SMILES string of the molecule is CCCCCCCCCCCCCCCCCCOC(=O)NCNC(=O)c1ccc(O)cc1O. The Labute approximate surface area is 205 Å². The molecule has 0 aliphatic rings. The van der Waals surface area contributed by atoms with Crippen molar-refractivity contribution in [2.45, 2.75) is 110 Å². The third kappa shape index (κ3) is 15.4. The maximum atomic E-state index is 11.9. The lowest BCUT2D eigenvalue weighted by Gasteiger charge is -2.09. The Bertz CT molecular complexity index is 681. The maximum absolute atomic E-state index is 11.9. The van der Waals surface area contributed by atoms with Crippen LogP contribution < -0.4 is 10.6 Å². The summed E-state index contributed by atoms with van der Waals surface area (Å²) in [6.45, 7) is 2.51. The van der Waals surface area contributed by atoms with Crippen LogP contribution in [0.4, 0.5) is 4.79 Å². The maximum Gasteiger partial charge on any atom is 0.408 e. The highest BCUT2D eigenvalue weighted by Gasteiger charge is 2.11. The van der Waals surface area contributed by atoms with Crippen molar-refractivity contribution >= 4 is 12.0 Å². The summed E-state index contributed by atoms with van der Waals surface area (Å²) in [5.74, 6) is -1.02. The highest BCUT2D eigenvalue weighted by Crippen LogP contribution is 2.22. The molecule has 1 aromatic carbocycles. The fourth-order valence-electron chi connectivity index (χ4n) is 3.87. The van der Waals surface area contributed by atoms with E-state index < -0.39 is 12.0 Å². The molecule has 1 rings (SSSR count). The average Bonchev–Trinajstić information content (AvgIpc) is 2.81. The molecule has 0 saturated carbocycles. The van der Waals surface area contributed by atoms with Crippen molar-refractivity contribution in [3.05, 3.63) is 23.8 Å². The number of phenolic OH excluding ortho intramolecular Hbond substituents is 2. The summed E-state index contributed by atoms with van der Waals surface area (Å²) in [7, 11) is 0. The average molecular weight is 479 g/mol. The van der Waals surface area contributed by atoms with E-state index in [-0.39, 0.29) is 23.7 Å². The Morgan fingerprint density at radius 1 is 0.735 bits per heavy atom. The molecule has 0 atom stereocenters. The standard InChI is InChI=1S/C27H46N2O5/c1-2-3-4-5-6-7-8-9-10-11-12-13-14-15-16-17-20-34-27(33)29-22-28-26(32)24-19-18-23(30)21-25(24)31/h18-19,21,30-31H,2-17,20,22H2,1H3,(H,28,32)(H,29,33). The van der Waals surface area contributed by atoms with Crippen LogP contribution in [0.15, 0.2) is 18.2 Å². The minimum Gasteiger partial charge on any atom is -0.508 e. The number of phenols is 2. The van der Waals surface area contributed by atoms with Gasteiger partial charge in [-0.2, -0.15) is 0 Å². The lowest BCUT2D eigenvalue weighted by molar-refractivity contribution is 0.0945. The highest BCUT2D eigenvalue weighted by atomic mass is 16.5. The van der Waals surface area contributed by atoms with E-state index in [0.717, 1.165) is 25.3 Å². The van der Waals surface area contributed by atoms with Gasteiger partial charge in [0.15, 0.2) is 0 Å². The Kier molecular flexibility index (Phi) is 17.4. The molecule has 0 fully saturated rings. The number of alkyl carbamates (subject to hydrolysis) is 1. The predicted molar refractivity (Wildman–Crippen MR) is 136 cm³/mol. The van der Waals surface area contributed by atoms with Gasteiger partial charge in [0, 0.05) is 6.07 Å². The van der Waals surface area contributed by atoms with Crippen LogP contribution in [0, 0.1) is 0 Å². The van der Waals surface area contributed by atoms with E-state index in [0.29, 0.717) is 6.61 Å². The third-order valence-corrected chi connectivity index (χ3v) is 5.94. The summed E-state index contributed by atoms with van der Waals surface area (Å²) >= 11 is 0. The molecule has 0 bridgehead atoms. The first-order valence-electron chi connectivity index (χ1n) is 13.3. The summed E-state index contributed by atoms with van der Waals surface area (Å²) in [6.07, 6.45) is 20.1. The second-order valence-corrected chi connectivity index (χ2v) is 9.00. The molecule has 0 spiro atoms. The van der Waals surface area contributed by atoms with Crippen molar-refractivity contribution in [1.29, 1.82) is 0 Å². The number of carbonyl (C=O) groups excluding carboxylic acids is 2. The third-order valence-electron chi connectivity index (χ3n) is 5.94. The topological polar surface area (TPSA) is 108 Å². The molecular formula is C27H46N2O5. The lowest BCUT2D eigenvalue weighted by Crippen LogP contribution is -2.37. The van der Waals surface area contributed by atoms with E-state index in [1.165, 1.54) is 95.6 Å². The zero-order valence-electron chi connectivity index (χ0n) is 21.1. The summed E-state index contributed by atoms with van der Waals surface area (Å²) in [6, 6.07) is 3.68. The molecule has 194 valence electrons. The number of rotatable bonds is 20. The van der Waals surface area contributed by atoms with Gasteiger partial charge in [0.1, 0.15) is 11.5 Å². The molecule has 7 heteroatoms. The second-order valence-electron chi connectivity index (χ2n) is 9.00. The Morgan fingerprint density at radius 3 is 1.74 bits per heavy atom. The molecule has 0 aliphatic carbocycles. The van der Waals surface area contributed by atoms with Crippen molar-refractivity contribution in [3.63, 3.8) is 0 Å². The summed E-state index contributed by atoms with van der Waals surface area (Å²) in [5, 5.41) is 23.8. The Morgan fingerprint density at radius 2 is 1.24 bits per heavy atom. The Balaban J connectivity index is 1.85. The molecule has 4 N–H and O–H groups in total. The number of unbranched alkanes of at least 4 members (excludes halogenated alkanes) is 15. The van der Waals surface area contributed by atoms with Gasteiger partial charge < -0.3 is 25.6 Å². The molecule has 0 aromatic heterocycles. The summed E-state index contributed by atoms with van der Waals surface area (Å²) in [5.41, 5.74) is 0.0149. The number of benzene rings is 1. The van der Waals surface area contributed by atoms with Gasteiger partial charge in [0.2, 0.25) is 0 Å². The van der Waals surface area contributed by atoms with Crippen LogP contribution in [0.5, 0.6) is 11.5 Å². The molecular weight excluding hydrogens is 432 g/mol. The number of hydrogen-bond acceptors (Lipinski definition) is 5. The molecule has 0 aliphatic heterocycles. The summed E-state index contributed by atoms with van der Waals surface area (Å²) in [4.78, 5) is 23.6. The van der Waals surface area contributed by atoms with Gasteiger partial charge in [-0.25, -0.2) is 4.79 Å². The van der Waals surface area contributed by atoms with Crippen LogP contribution in [0.2, 0.25) is 0 Å². The van der Waals surface area contributed by atoms with Gasteiger partial charge in [-0.1, -0.05) is 103 Å². The van der Waals surface area contributed by atoms with E-state index >= 15 is 0 Å². The monoisotopic (exact) mass is 478 g/mol. The van der Waals surface area contributed by atoms with Crippen molar-refractivity contribution < 1.29 is 24.5 Å². The van der Waals surface area contributed by atoms with E-state index in [1.54, 1.807) is 0 Å². The van der Waals surface area contributed by atoms with Gasteiger partial charge in [-0.3, -0.25) is 4.79 Å². The van der Waals surface area contributed by atoms with Crippen LogP contribution in [0.3, 0.4) is 0 Å². The van der Waals surface area contributed by atoms with Crippen molar-refractivity contribution in [1.82, 2.24) is 10.6 Å². The normalized spacial score (nSPS) is 10.7. The van der Waals surface area contributed by atoms with Crippen LogP contribution in [0.1, 0.15) is 120 Å². The molecule has 2 amide bonds. The zero-order valence-corrected chi connectivity index (χ0v) is 21.1. The van der Waals surface area contributed by atoms with E-state index in [4.69, 9.17) is 4.74 Å². The minimum absolute atomic E-state index is 0.0149. The molecule has 0 unspecified atom stereocenters. The molecule has 0 heterocycles. The number of carbonyl (C=O) groups is 2. The zero-order chi connectivity index (χ0) is 24.9. The first kappa shape index (κ1) is 29.6. The minimum atomic E-state index is -0.587. The Hall–Kier alpha value is -2.44. The van der Waals surface area contributed by atoms with E-state index in [1.807, 2.05) is 0 Å². The highest BCUT2D eigenvalue weighted by molar-refractivity contribution is 5.97. The smallest absolute Gasteiger partial charge is 0.408 e. The predicted octanol–water partition coefficient (Wildman–Crippen LogP) is 6.77. The fourth-order valence-corrected chi connectivity index (χ4v) is 3.87. The van der Waals surface area contributed by atoms with E-state index in [9.17, 15) is 19.8 Å². The fraction of sp³-hybridized carbons (Fsp3) is 0.704. The number of amides is 2. The first-order valence-corrected chi connectivity index (χ1v) is 13.3. The largest absolute Gasteiger partial charge is 0.508 e. The van der Waals surface area contributed by atoms with Crippen molar-refractivity contribution in [2.75, 3.05) is 13.3 Å². The van der Waals surface area contributed by atoms with Crippen LogP contribution in [-0.4, -0.2) is 35.5 Å².